The van der Waals surface area contributed by atoms with E-state index in [0.29, 0.717) is 0 Å². The number of anilines is 6. The summed E-state index contributed by atoms with van der Waals surface area (Å²) in [6.07, 6.45) is 0. The SMILES string of the molecule is C[Si](C)(C)c1ccc(N(c2ccc3c(c2)oc2c4ccc(N(c5ccc([Si](C)(C)C)cc5)c5ccccc5-c5ccccc5)cc4c4ccccc4c32)c2ccccc2-c2ccccc2)cc1. The summed E-state index contributed by atoms with van der Waals surface area (Å²) in [4.78, 5) is 4.82. The van der Waals surface area contributed by atoms with Crippen LogP contribution in [0.2, 0.25) is 39.3 Å². The summed E-state index contributed by atoms with van der Waals surface area (Å²) in [5, 5.41) is 9.74. The largest absolute Gasteiger partial charge is 0.455 e. The first-order valence-corrected chi connectivity index (χ1v) is 30.4. The predicted octanol–water partition coefficient (Wildman–Crippen LogP) is 17.3. The fourth-order valence-corrected chi connectivity index (χ4v) is 12.2. The first-order valence-electron chi connectivity index (χ1n) is 23.4. The molecular weight excluding hydrogens is 845 g/mol. The van der Waals surface area contributed by atoms with Gasteiger partial charge in [0.2, 0.25) is 0 Å². The molecule has 1 aromatic heterocycles. The minimum absolute atomic E-state index is 0.857. The van der Waals surface area contributed by atoms with E-state index in [-0.39, 0.29) is 0 Å². The van der Waals surface area contributed by atoms with Crippen molar-refractivity contribution >= 4 is 104 Å². The van der Waals surface area contributed by atoms with Crippen LogP contribution < -0.4 is 20.2 Å². The third-order valence-electron chi connectivity index (χ3n) is 13.4. The number of rotatable bonds is 10. The standard InChI is InChI=1S/C62H54N2OSi2/c1-66(2,3)49-35-29-45(30-36-49)63(58-27-17-15-23-51(58)43-19-9-7-10-20-43)47-33-39-55-57(41-47)53-25-13-14-26-54(53)61-56-40-34-48(42-60(56)65-62(55)61)64(46-31-37-50(38-32-46)67(4,5)6)59-28-18-16-24-52(59)44-21-11-8-12-22-44/h7-42H,1-6H3. The van der Waals surface area contributed by atoms with E-state index in [1.165, 1.54) is 43.4 Å². The number of fused-ring (bicyclic) bond motifs is 8. The fourth-order valence-electron chi connectivity index (χ4n) is 9.85. The zero-order chi connectivity index (χ0) is 45.9. The number of para-hydroxylation sites is 2. The van der Waals surface area contributed by atoms with Crippen molar-refractivity contribution in [1.29, 1.82) is 0 Å². The van der Waals surface area contributed by atoms with Crippen molar-refractivity contribution in [2.24, 2.45) is 0 Å². The van der Waals surface area contributed by atoms with Gasteiger partial charge >= 0.3 is 0 Å². The van der Waals surface area contributed by atoms with Crippen LogP contribution in [-0.2, 0) is 0 Å². The molecule has 1 heterocycles. The van der Waals surface area contributed by atoms with Crippen molar-refractivity contribution in [3.05, 3.63) is 218 Å². The molecular formula is C62H54N2OSi2. The summed E-state index contributed by atoms with van der Waals surface area (Å²) in [7, 11) is -3.04. The van der Waals surface area contributed by atoms with Crippen LogP contribution in [0, 0.1) is 0 Å². The highest BCUT2D eigenvalue weighted by atomic mass is 28.3. The smallest absolute Gasteiger partial charge is 0.143 e. The molecule has 67 heavy (non-hydrogen) atoms. The van der Waals surface area contributed by atoms with E-state index in [1.54, 1.807) is 0 Å². The van der Waals surface area contributed by atoms with E-state index in [2.05, 4.69) is 267 Å². The first kappa shape index (κ1) is 42.2. The van der Waals surface area contributed by atoms with Crippen molar-refractivity contribution in [3.63, 3.8) is 0 Å². The minimum Gasteiger partial charge on any atom is -0.455 e. The summed E-state index contributed by atoms with van der Waals surface area (Å²) < 4.78 is 7.18. The molecule has 0 fully saturated rings. The highest BCUT2D eigenvalue weighted by Gasteiger charge is 2.25. The molecule has 0 aliphatic heterocycles. The maximum Gasteiger partial charge on any atom is 0.143 e. The molecule has 0 aliphatic carbocycles. The maximum atomic E-state index is 7.18. The van der Waals surface area contributed by atoms with Gasteiger partial charge in [0.05, 0.1) is 27.5 Å². The Balaban J connectivity index is 1.11. The van der Waals surface area contributed by atoms with Gasteiger partial charge in [0, 0.05) is 56.1 Å². The summed E-state index contributed by atoms with van der Waals surface area (Å²) >= 11 is 0. The summed E-state index contributed by atoms with van der Waals surface area (Å²) in [6.45, 7) is 14.4. The Morgan fingerprint density at radius 1 is 0.328 bits per heavy atom. The second kappa shape index (κ2) is 16.8. The van der Waals surface area contributed by atoms with Gasteiger partial charge in [0.1, 0.15) is 11.2 Å². The van der Waals surface area contributed by atoms with Crippen LogP contribution in [0.5, 0.6) is 0 Å². The lowest BCUT2D eigenvalue weighted by molar-refractivity contribution is 0.673. The highest BCUT2D eigenvalue weighted by molar-refractivity contribution is 6.89. The average molecular weight is 899 g/mol. The fraction of sp³-hybridized carbons (Fsp3) is 0.0968. The lowest BCUT2D eigenvalue weighted by Crippen LogP contribution is -2.37. The lowest BCUT2D eigenvalue weighted by atomic mass is 9.95. The molecule has 11 rings (SSSR count). The van der Waals surface area contributed by atoms with Crippen LogP contribution in [0.4, 0.5) is 34.1 Å². The Morgan fingerprint density at radius 2 is 0.746 bits per heavy atom. The third-order valence-corrected chi connectivity index (χ3v) is 17.5. The maximum absolute atomic E-state index is 7.18. The molecule has 326 valence electrons. The number of hydrogen-bond donors (Lipinski definition) is 0. The molecule has 0 spiro atoms. The lowest BCUT2D eigenvalue weighted by Gasteiger charge is -2.29. The summed E-state index contributed by atoms with van der Waals surface area (Å²) in [5.41, 5.74) is 13.1. The molecule has 0 aliphatic rings. The topological polar surface area (TPSA) is 19.6 Å². The van der Waals surface area contributed by atoms with E-state index in [9.17, 15) is 0 Å². The van der Waals surface area contributed by atoms with Crippen molar-refractivity contribution < 1.29 is 4.42 Å². The molecule has 0 saturated heterocycles. The van der Waals surface area contributed by atoms with Gasteiger partial charge < -0.3 is 14.2 Å². The van der Waals surface area contributed by atoms with Crippen LogP contribution >= 0.6 is 0 Å². The third kappa shape index (κ3) is 7.74. The van der Waals surface area contributed by atoms with E-state index < -0.39 is 16.1 Å². The van der Waals surface area contributed by atoms with Gasteiger partial charge in [-0.1, -0.05) is 195 Å². The van der Waals surface area contributed by atoms with Gasteiger partial charge in [0.25, 0.3) is 0 Å². The zero-order valence-corrected chi connectivity index (χ0v) is 41.1. The predicted molar refractivity (Wildman–Crippen MR) is 295 cm³/mol. The molecule has 0 N–H and O–H groups in total. The van der Waals surface area contributed by atoms with Crippen LogP contribution in [0.3, 0.4) is 0 Å². The van der Waals surface area contributed by atoms with Gasteiger partial charge in [0.15, 0.2) is 0 Å². The molecule has 0 radical (unpaired) electrons. The zero-order valence-electron chi connectivity index (χ0n) is 39.1. The Labute approximate surface area is 396 Å². The molecule has 0 bridgehead atoms. The molecule has 0 unspecified atom stereocenters. The Bertz CT molecular complexity index is 3590. The van der Waals surface area contributed by atoms with Crippen LogP contribution in [0.15, 0.2) is 223 Å². The van der Waals surface area contributed by atoms with E-state index in [1.807, 2.05) is 0 Å². The summed E-state index contributed by atoms with van der Waals surface area (Å²) in [6, 6.07) is 80.0. The van der Waals surface area contributed by atoms with Gasteiger partial charge in [-0.25, -0.2) is 0 Å². The quantitative estimate of drug-likeness (QED) is 0.101. The van der Waals surface area contributed by atoms with E-state index >= 15 is 0 Å². The molecule has 0 amide bonds. The van der Waals surface area contributed by atoms with Crippen LogP contribution in [0.25, 0.3) is 65.7 Å². The second-order valence-electron chi connectivity index (χ2n) is 19.8. The van der Waals surface area contributed by atoms with Crippen molar-refractivity contribution in [2.45, 2.75) is 39.3 Å². The van der Waals surface area contributed by atoms with Crippen LogP contribution in [-0.4, -0.2) is 16.1 Å². The van der Waals surface area contributed by atoms with Gasteiger partial charge in [-0.3, -0.25) is 0 Å². The molecule has 11 aromatic rings. The monoisotopic (exact) mass is 898 g/mol. The molecule has 5 heteroatoms. The van der Waals surface area contributed by atoms with E-state index in [0.717, 1.165) is 66.8 Å². The minimum atomic E-state index is -1.52. The van der Waals surface area contributed by atoms with Crippen molar-refractivity contribution in [1.82, 2.24) is 0 Å². The molecule has 0 saturated carbocycles. The van der Waals surface area contributed by atoms with Crippen molar-refractivity contribution in [2.75, 3.05) is 9.80 Å². The average Bonchev–Trinajstić information content (AvgIpc) is 3.74. The number of hydrogen-bond acceptors (Lipinski definition) is 3. The van der Waals surface area contributed by atoms with Crippen molar-refractivity contribution in [3.8, 4) is 22.3 Å². The Morgan fingerprint density at radius 3 is 1.25 bits per heavy atom. The first-order chi connectivity index (χ1) is 32.5. The number of nitrogens with zero attached hydrogens (tertiary/aromatic N) is 2. The van der Waals surface area contributed by atoms with Gasteiger partial charge in [-0.15, -0.1) is 0 Å². The highest BCUT2D eigenvalue weighted by Crippen LogP contribution is 2.47. The van der Waals surface area contributed by atoms with Crippen LogP contribution in [0.1, 0.15) is 0 Å². The second-order valence-corrected chi connectivity index (χ2v) is 29.9. The number of benzene rings is 10. The normalized spacial score (nSPS) is 12.0. The van der Waals surface area contributed by atoms with E-state index in [4.69, 9.17) is 4.42 Å². The van der Waals surface area contributed by atoms with Gasteiger partial charge in [-0.2, -0.15) is 0 Å². The number of furan rings is 1. The Hall–Kier alpha value is -7.45. The Kier molecular flexibility index (Phi) is 10.6. The van der Waals surface area contributed by atoms with Gasteiger partial charge in [-0.05, 0) is 94.0 Å². The molecule has 0 atom stereocenters. The summed E-state index contributed by atoms with van der Waals surface area (Å²) in [5.74, 6) is 0. The molecule has 10 aromatic carbocycles. The molecule has 3 nitrogen and oxygen atoms in total.